The van der Waals surface area contributed by atoms with Gasteiger partial charge in [0.1, 0.15) is 0 Å². The minimum Gasteiger partial charge on any atom is -0.459 e. The van der Waals surface area contributed by atoms with Crippen LogP contribution in [0.3, 0.4) is 0 Å². The van der Waals surface area contributed by atoms with Gasteiger partial charge in [0.2, 0.25) is 11.8 Å². The highest BCUT2D eigenvalue weighted by Crippen LogP contribution is 2.26. The van der Waals surface area contributed by atoms with Crippen LogP contribution in [-0.2, 0) is 10.5 Å². The summed E-state index contributed by atoms with van der Waals surface area (Å²) in [4.78, 5) is 12.2. The van der Waals surface area contributed by atoms with Gasteiger partial charge in [-0.25, -0.2) is 0 Å². The summed E-state index contributed by atoms with van der Waals surface area (Å²) in [6.45, 7) is 0. The fourth-order valence-corrected chi connectivity index (χ4v) is 3.72. The van der Waals surface area contributed by atoms with Crippen molar-refractivity contribution in [3.05, 3.63) is 76.5 Å². The number of carbonyl (C=O) groups excluding carboxylic acids is 1. The molecule has 0 atom stereocenters. The largest absolute Gasteiger partial charge is 0.459 e. The average molecular weight is 460 g/mol. The third-order valence-electron chi connectivity index (χ3n) is 4.06. The Morgan fingerprint density at radius 1 is 1.00 bits per heavy atom. The molecule has 0 bridgehead atoms. The predicted octanol–water partition coefficient (Wildman–Crippen LogP) is 6.18. The summed E-state index contributed by atoms with van der Waals surface area (Å²) in [5.74, 6) is 2.08. The van der Waals surface area contributed by atoms with Crippen molar-refractivity contribution in [2.75, 3.05) is 11.1 Å². The lowest BCUT2D eigenvalue weighted by atomic mass is 10.2. The van der Waals surface area contributed by atoms with Crippen LogP contribution in [0.15, 0.2) is 69.7 Å². The molecule has 152 valence electrons. The standard InChI is InChI=1S/C21H15Cl2N3O3S/c22-16-8-3-13(10-17(16)23)11-30-12-19(27)24-15-6-4-14(5-7-15)20-25-26-21(29-20)18-2-1-9-28-18/h1-10H,11-12H2,(H,24,27). The second kappa shape index (κ2) is 9.38. The maximum Gasteiger partial charge on any atom is 0.283 e. The number of aromatic nitrogens is 2. The van der Waals surface area contributed by atoms with E-state index in [1.807, 2.05) is 12.1 Å². The van der Waals surface area contributed by atoms with Crippen LogP contribution < -0.4 is 5.32 Å². The lowest BCUT2D eigenvalue weighted by Gasteiger charge is -2.06. The highest BCUT2D eigenvalue weighted by Gasteiger charge is 2.12. The number of hydrogen-bond donors (Lipinski definition) is 1. The van der Waals surface area contributed by atoms with Crippen molar-refractivity contribution in [2.24, 2.45) is 0 Å². The number of anilines is 1. The normalized spacial score (nSPS) is 10.9. The van der Waals surface area contributed by atoms with E-state index in [0.29, 0.717) is 44.8 Å². The van der Waals surface area contributed by atoms with E-state index < -0.39 is 0 Å². The molecule has 2 aromatic heterocycles. The van der Waals surface area contributed by atoms with Crippen molar-refractivity contribution in [3.63, 3.8) is 0 Å². The maximum atomic E-state index is 12.2. The Hall–Kier alpha value is -2.74. The number of furan rings is 1. The van der Waals surface area contributed by atoms with Crippen LogP contribution in [0, 0.1) is 0 Å². The minimum atomic E-state index is -0.0919. The minimum absolute atomic E-state index is 0.0919. The zero-order chi connectivity index (χ0) is 20.9. The van der Waals surface area contributed by atoms with Crippen LogP contribution >= 0.6 is 35.0 Å². The summed E-state index contributed by atoms with van der Waals surface area (Å²) in [5, 5.41) is 11.9. The monoisotopic (exact) mass is 459 g/mol. The van der Waals surface area contributed by atoms with Crippen molar-refractivity contribution in [1.82, 2.24) is 10.2 Å². The van der Waals surface area contributed by atoms with Gasteiger partial charge in [-0.2, -0.15) is 0 Å². The van der Waals surface area contributed by atoms with E-state index in [1.54, 1.807) is 48.7 Å². The Morgan fingerprint density at radius 3 is 2.53 bits per heavy atom. The first-order valence-electron chi connectivity index (χ1n) is 8.88. The molecular weight excluding hydrogens is 445 g/mol. The van der Waals surface area contributed by atoms with Crippen LogP contribution in [0.2, 0.25) is 10.0 Å². The van der Waals surface area contributed by atoms with Gasteiger partial charge >= 0.3 is 0 Å². The number of amides is 1. The van der Waals surface area contributed by atoms with Crippen molar-refractivity contribution in [2.45, 2.75) is 5.75 Å². The van der Waals surface area contributed by atoms with Crippen LogP contribution in [0.4, 0.5) is 5.69 Å². The molecule has 0 unspecified atom stereocenters. The molecule has 30 heavy (non-hydrogen) atoms. The fraction of sp³-hybridized carbons (Fsp3) is 0.0952. The topological polar surface area (TPSA) is 81.2 Å². The summed E-state index contributed by atoms with van der Waals surface area (Å²) >= 11 is 13.4. The zero-order valence-corrected chi connectivity index (χ0v) is 17.8. The molecule has 6 nitrogen and oxygen atoms in total. The van der Waals surface area contributed by atoms with Gasteiger partial charge in [0.05, 0.1) is 22.1 Å². The summed E-state index contributed by atoms with van der Waals surface area (Å²) in [7, 11) is 0. The van der Waals surface area contributed by atoms with E-state index in [9.17, 15) is 4.79 Å². The first-order chi connectivity index (χ1) is 14.6. The molecule has 0 spiro atoms. The highest BCUT2D eigenvalue weighted by molar-refractivity contribution is 7.99. The van der Waals surface area contributed by atoms with Crippen LogP contribution in [0.25, 0.3) is 23.1 Å². The van der Waals surface area contributed by atoms with E-state index in [1.165, 1.54) is 11.8 Å². The number of nitrogens with zero attached hydrogens (tertiary/aromatic N) is 2. The highest BCUT2D eigenvalue weighted by atomic mass is 35.5. The molecule has 0 saturated carbocycles. The van der Waals surface area contributed by atoms with Gasteiger partial charge in [0.15, 0.2) is 5.76 Å². The number of rotatable bonds is 7. The molecule has 4 rings (SSSR count). The molecular formula is C21H15Cl2N3O3S. The van der Waals surface area contributed by atoms with Crippen molar-refractivity contribution >= 4 is 46.6 Å². The molecule has 2 heterocycles. The molecule has 0 aliphatic carbocycles. The predicted molar refractivity (Wildman–Crippen MR) is 119 cm³/mol. The van der Waals surface area contributed by atoms with Crippen LogP contribution in [-0.4, -0.2) is 21.9 Å². The Balaban J connectivity index is 1.30. The van der Waals surface area contributed by atoms with E-state index >= 15 is 0 Å². The molecule has 0 saturated heterocycles. The second-order valence-corrected chi connectivity index (χ2v) is 8.06. The Labute approximate surface area is 186 Å². The molecule has 1 amide bonds. The quantitative estimate of drug-likeness (QED) is 0.355. The third kappa shape index (κ3) is 5.05. The van der Waals surface area contributed by atoms with Crippen molar-refractivity contribution < 1.29 is 13.6 Å². The lowest BCUT2D eigenvalue weighted by molar-refractivity contribution is -0.113. The number of thioether (sulfide) groups is 1. The van der Waals surface area contributed by atoms with E-state index in [4.69, 9.17) is 32.0 Å². The lowest BCUT2D eigenvalue weighted by Crippen LogP contribution is -2.14. The zero-order valence-electron chi connectivity index (χ0n) is 15.5. The molecule has 4 aromatic rings. The van der Waals surface area contributed by atoms with Gasteiger partial charge in [-0.1, -0.05) is 29.3 Å². The first kappa shape index (κ1) is 20.5. The molecule has 2 aromatic carbocycles. The average Bonchev–Trinajstić information content (AvgIpc) is 3.43. The first-order valence-corrected chi connectivity index (χ1v) is 10.8. The Morgan fingerprint density at radius 2 is 1.80 bits per heavy atom. The summed E-state index contributed by atoms with van der Waals surface area (Å²) < 4.78 is 10.9. The van der Waals surface area contributed by atoms with Gasteiger partial charge in [0, 0.05) is 17.0 Å². The molecule has 0 aliphatic rings. The van der Waals surface area contributed by atoms with Gasteiger partial charge in [0.25, 0.3) is 5.89 Å². The van der Waals surface area contributed by atoms with Gasteiger partial charge in [-0.15, -0.1) is 22.0 Å². The van der Waals surface area contributed by atoms with Crippen LogP contribution in [0.1, 0.15) is 5.56 Å². The maximum absolute atomic E-state index is 12.2. The number of carbonyl (C=O) groups is 1. The van der Waals surface area contributed by atoms with E-state index in [2.05, 4.69) is 15.5 Å². The molecule has 1 N–H and O–H groups in total. The summed E-state index contributed by atoms with van der Waals surface area (Å²) in [5.41, 5.74) is 2.44. The SMILES string of the molecule is O=C(CSCc1ccc(Cl)c(Cl)c1)Nc1ccc(-c2nnc(-c3ccco3)o2)cc1. The number of benzene rings is 2. The van der Waals surface area contributed by atoms with Crippen LogP contribution in [0.5, 0.6) is 0 Å². The van der Waals surface area contributed by atoms with Gasteiger partial charge in [-0.3, -0.25) is 4.79 Å². The molecule has 0 aliphatic heterocycles. The number of nitrogens with one attached hydrogen (secondary N) is 1. The van der Waals surface area contributed by atoms with Gasteiger partial charge < -0.3 is 14.2 Å². The van der Waals surface area contributed by atoms with E-state index in [-0.39, 0.29) is 5.91 Å². The van der Waals surface area contributed by atoms with Crippen molar-refractivity contribution in [3.8, 4) is 23.1 Å². The number of hydrogen-bond acceptors (Lipinski definition) is 6. The van der Waals surface area contributed by atoms with Crippen molar-refractivity contribution in [1.29, 1.82) is 0 Å². The van der Waals surface area contributed by atoms with Gasteiger partial charge in [-0.05, 0) is 54.1 Å². The Kier molecular flexibility index (Phi) is 6.42. The molecule has 0 radical (unpaired) electrons. The summed E-state index contributed by atoms with van der Waals surface area (Å²) in [6.07, 6.45) is 1.54. The summed E-state index contributed by atoms with van der Waals surface area (Å²) in [6, 6.07) is 16.1. The third-order valence-corrected chi connectivity index (χ3v) is 5.80. The Bertz CT molecular complexity index is 1140. The van der Waals surface area contributed by atoms with E-state index in [0.717, 1.165) is 11.1 Å². The second-order valence-electron chi connectivity index (χ2n) is 6.26. The smallest absolute Gasteiger partial charge is 0.283 e. The number of halogens is 2. The molecule has 9 heteroatoms. The fourth-order valence-electron chi connectivity index (χ4n) is 2.62. The molecule has 0 fully saturated rings.